The smallest absolute Gasteiger partial charge is 0.227 e. The lowest BCUT2D eigenvalue weighted by Crippen LogP contribution is -2.40. The molecule has 2 amide bonds. The van der Waals surface area contributed by atoms with Crippen LogP contribution in [0.25, 0.3) is 0 Å². The van der Waals surface area contributed by atoms with Crippen molar-refractivity contribution >= 4 is 23.2 Å². The number of amides is 2. The summed E-state index contributed by atoms with van der Waals surface area (Å²) >= 11 is 0. The SMILES string of the molecule is CC(=O)N1CCC(C(=O)Nc2ccc3c(c2)N(C)CCO3)CC1. The quantitative estimate of drug-likeness (QED) is 0.902. The van der Waals surface area contributed by atoms with Crippen LogP contribution in [-0.4, -0.2) is 50.0 Å². The van der Waals surface area contributed by atoms with Gasteiger partial charge in [-0.05, 0) is 31.0 Å². The largest absolute Gasteiger partial charge is 0.490 e. The van der Waals surface area contributed by atoms with Crippen molar-refractivity contribution in [3.63, 3.8) is 0 Å². The minimum Gasteiger partial charge on any atom is -0.490 e. The number of hydrogen-bond donors (Lipinski definition) is 1. The Balaban J connectivity index is 1.62. The van der Waals surface area contributed by atoms with Gasteiger partial charge in [-0.25, -0.2) is 0 Å². The van der Waals surface area contributed by atoms with Gasteiger partial charge in [0.1, 0.15) is 12.4 Å². The van der Waals surface area contributed by atoms with Crippen LogP contribution in [0.5, 0.6) is 5.75 Å². The van der Waals surface area contributed by atoms with Gasteiger partial charge in [0, 0.05) is 38.7 Å². The Morgan fingerprint density at radius 1 is 1.22 bits per heavy atom. The molecule has 2 heterocycles. The molecular weight excluding hydrogens is 294 g/mol. The predicted octanol–water partition coefficient (Wildman–Crippen LogP) is 1.71. The van der Waals surface area contributed by atoms with Crippen LogP contribution < -0.4 is 15.0 Å². The number of carbonyl (C=O) groups excluding carboxylic acids is 2. The van der Waals surface area contributed by atoms with Gasteiger partial charge in [0.2, 0.25) is 11.8 Å². The summed E-state index contributed by atoms with van der Waals surface area (Å²) in [7, 11) is 2.02. The fraction of sp³-hybridized carbons (Fsp3) is 0.529. The first-order valence-corrected chi connectivity index (χ1v) is 8.09. The number of rotatable bonds is 2. The average molecular weight is 317 g/mol. The molecule has 0 aliphatic carbocycles. The third kappa shape index (κ3) is 3.41. The van der Waals surface area contributed by atoms with Crippen LogP contribution in [0, 0.1) is 5.92 Å². The summed E-state index contributed by atoms with van der Waals surface area (Å²) in [6.45, 7) is 4.42. The third-order valence-corrected chi connectivity index (χ3v) is 4.63. The number of anilines is 2. The van der Waals surface area contributed by atoms with Crippen molar-refractivity contribution in [1.82, 2.24) is 4.90 Å². The van der Waals surface area contributed by atoms with E-state index in [0.29, 0.717) is 19.7 Å². The van der Waals surface area contributed by atoms with Gasteiger partial charge in [0.15, 0.2) is 0 Å². The number of nitrogens with one attached hydrogen (secondary N) is 1. The Bertz CT molecular complexity index is 609. The molecule has 1 N–H and O–H groups in total. The van der Waals surface area contributed by atoms with E-state index < -0.39 is 0 Å². The number of fused-ring (bicyclic) bond motifs is 1. The molecule has 0 atom stereocenters. The molecule has 0 aromatic heterocycles. The van der Waals surface area contributed by atoms with Crippen LogP contribution in [-0.2, 0) is 9.59 Å². The lowest BCUT2D eigenvalue weighted by atomic mass is 9.96. The number of benzene rings is 1. The molecule has 1 saturated heterocycles. The zero-order valence-corrected chi connectivity index (χ0v) is 13.7. The molecule has 3 rings (SSSR count). The van der Waals surface area contributed by atoms with E-state index >= 15 is 0 Å². The minimum atomic E-state index is -0.0318. The monoisotopic (exact) mass is 317 g/mol. The summed E-state index contributed by atoms with van der Waals surface area (Å²) < 4.78 is 5.61. The Morgan fingerprint density at radius 3 is 2.65 bits per heavy atom. The van der Waals surface area contributed by atoms with Crippen molar-refractivity contribution in [3.05, 3.63) is 18.2 Å². The van der Waals surface area contributed by atoms with E-state index in [4.69, 9.17) is 4.74 Å². The Morgan fingerprint density at radius 2 is 1.96 bits per heavy atom. The van der Waals surface area contributed by atoms with Crippen LogP contribution in [0.1, 0.15) is 19.8 Å². The maximum atomic E-state index is 12.4. The second kappa shape index (κ2) is 6.48. The van der Waals surface area contributed by atoms with Gasteiger partial charge >= 0.3 is 0 Å². The van der Waals surface area contributed by atoms with Gasteiger partial charge in [0.25, 0.3) is 0 Å². The molecule has 0 spiro atoms. The molecule has 2 aliphatic heterocycles. The number of likely N-dealkylation sites (N-methyl/N-ethyl adjacent to an activating group) is 1. The average Bonchev–Trinajstić information content (AvgIpc) is 2.55. The first kappa shape index (κ1) is 15.6. The van der Waals surface area contributed by atoms with Gasteiger partial charge < -0.3 is 19.9 Å². The molecule has 1 aromatic rings. The maximum absolute atomic E-state index is 12.4. The van der Waals surface area contributed by atoms with E-state index in [2.05, 4.69) is 10.2 Å². The molecule has 0 bridgehead atoms. The van der Waals surface area contributed by atoms with Crippen molar-refractivity contribution in [2.45, 2.75) is 19.8 Å². The molecule has 0 unspecified atom stereocenters. The van der Waals surface area contributed by atoms with E-state index in [1.54, 1.807) is 11.8 Å². The van der Waals surface area contributed by atoms with E-state index in [9.17, 15) is 9.59 Å². The molecule has 23 heavy (non-hydrogen) atoms. The van der Waals surface area contributed by atoms with Crippen molar-refractivity contribution in [1.29, 1.82) is 0 Å². The fourth-order valence-corrected chi connectivity index (χ4v) is 3.13. The summed E-state index contributed by atoms with van der Waals surface area (Å²) in [6, 6.07) is 5.73. The molecule has 124 valence electrons. The second-order valence-electron chi connectivity index (χ2n) is 6.22. The van der Waals surface area contributed by atoms with Crippen molar-refractivity contribution in [2.75, 3.05) is 43.5 Å². The summed E-state index contributed by atoms with van der Waals surface area (Å²) in [5, 5.41) is 3.00. The predicted molar refractivity (Wildman–Crippen MR) is 88.8 cm³/mol. The summed E-state index contributed by atoms with van der Waals surface area (Å²) in [6.07, 6.45) is 1.44. The number of carbonyl (C=O) groups is 2. The van der Waals surface area contributed by atoms with Gasteiger partial charge in [-0.2, -0.15) is 0 Å². The molecule has 6 heteroatoms. The molecule has 1 fully saturated rings. The normalized spacial score (nSPS) is 18.2. The van der Waals surface area contributed by atoms with E-state index in [1.165, 1.54) is 0 Å². The topological polar surface area (TPSA) is 61.9 Å². The van der Waals surface area contributed by atoms with Crippen LogP contribution in [0.15, 0.2) is 18.2 Å². The fourth-order valence-electron chi connectivity index (χ4n) is 3.13. The first-order chi connectivity index (χ1) is 11.0. The highest BCUT2D eigenvalue weighted by atomic mass is 16.5. The Hall–Kier alpha value is -2.24. The van der Waals surface area contributed by atoms with Crippen molar-refractivity contribution in [3.8, 4) is 5.75 Å². The number of nitrogens with zero attached hydrogens (tertiary/aromatic N) is 2. The highest BCUT2D eigenvalue weighted by Gasteiger charge is 2.26. The van der Waals surface area contributed by atoms with Crippen molar-refractivity contribution in [2.24, 2.45) is 5.92 Å². The molecule has 2 aliphatic rings. The van der Waals surface area contributed by atoms with Crippen LogP contribution >= 0.6 is 0 Å². The first-order valence-electron chi connectivity index (χ1n) is 8.09. The van der Waals surface area contributed by atoms with Gasteiger partial charge in [-0.1, -0.05) is 0 Å². The lowest BCUT2D eigenvalue weighted by Gasteiger charge is -2.31. The maximum Gasteiger partial charge on any atom is 0.227 e. The van der Waals surface area contributed by atoms with Gasteiger partial charge in [-0.3, -0.25) is 9.59 Å². The Labute approximate surface area is 136 Å². The van der Waals surface area contributed by atoms with Crippen molar-refractivity contribution < 1.29 is 14.3 Å². The third-order valence-electron chi connectivity index (χ3n) is 4.63. The molecule has 6 nitrogen and oxygen atoms in total. The summed E-state index contributed by atoms with van der Waals surface area (Å²) in [4.78, 5) is 27.7. The lowest BCUT2D eigenvalue weighted by molar-refractivity contribution is -0.132. The van der Waals surface area contributed by atoms with Crippen LogP contribution in [0.2, 0.25) is 0 Å². The summed E-state index contributed by atoms with van der Waals surface area (Å²) in [5.74, 6) is 0.941. The van der Waals surface area contributed by atoms with Gasteiger partial charge in [0.05, 0.1) is 12.2 Å². The van der Waals surface area contributed by atoms with E-state index in [-0.39, 0.29) is 17.7 Å². The standard InChI is InChI=1S/C17H23N3O3/c1-12(21)20-7-5-13(6-8-20)17(22)18-14-3-4-16-15(11-14)19(2)9-10-23-16/h3-4,11,13H,5-10H2,1-2H3,(H,18,22). The molecule has 0 saturated carbocycles. The Kier molecular flexibility index (Phi) is 4.41. The zero-order valence-electron chi connectivity index (χ0n) is 13.7. The zero-order chi connectivity index (χ0) is 16.4. The summed E-state index contributed by atoms with van der Waals surface area (Å²) in [5.41, 5.74) is 1.79. The molecule has 1 aromatic carbocycles. The highest BCUT2D eigenvalue weighted by molar-refractivity contribution is 5.93. The minimum absolute atomic E-state index is 0.0318. The van der Waals surface area contributed by atoms with Crippen LogP contribution in [0.3, 0.4) is 0 Å². The second-order valence-corrected chi connectivity index (χ2v) is 6.22. The number of piperidine rings is 1. The van der Waals surface area contributed by atoms with Crippen LogP contribution in [0.4, 0.5) is 11.4 Å². The molecular formula is C17H23N3O3. The number of likely N-dealkylation sites (tertiary alicyclic amines) is 1. The molecule has 0 radical (unpaired) electrons. The highest BCUT2D eigenvalue weighted by Crippen LogP contribution is 2.33. The van der Waals surface area contributed by atoms with E-state index in [0.717, 1.165) is 36.5 Å². The van der Waals surface area contributed by atoms with Gasteiger partial charge in [-0.15, -0.1) is 0 Å². The van der Waals surface area contributed by atoms with E-state index in [1.807, 2.05) is 25.2 Å². The number of ether oxygens (including phenoxy) is 1. The number of hydrogen-bond acceptors (Lipinski definition) is 4.